The molecule has 5 heteroatoms. The number of hydrogen-bond acceptors (Lipinski definition) is 3. The van der Waals surface area contributed by atoms with Gasteiger partial charge < -0.3 is 14.3 Å². The van der Waals surface area contributed by atoms with Crippen LogP contribution in [0.1, 0.15) is 47.1 Å². The number of carbonyl (C=O) groups excluding carboxylic acids is 1. The van der Waals surface area contributed by atoms with Crippen molar-refractivity contribution in [2.24, 2.45) is 7.05 Å². The number of ketones is 1. The van der Waals surface area contributed by atoms with Gasteiger partial charge in [-0.3, -0.25) is 4.79 Å². The Balaban J connectivity index is 1.68. The monoisotopic (exact) mass is 323 g/mol. The minimum absolute atomic E-state index is 0.108. The van der Waals surface area contributed by atoms with Crippen molar-refractivity contribution in [1.29, 1.82) is 0 Å². The molecule has 0 fully saturated rings. The number of aromatic amines is 1. The fraction of sp³-hybridized carbons (Fsp3) is 0.368. The summed E-state index contributed by atoms with van der Waals surface area (Å²) in [6.45, 7) is 0. The van der Waals surface area contributed by atoms with Crippen LogP contribution in [0.2, 0.25) is 0 Å². The number of hydrogen-bond donors (Lipinski definition) is 1. The summed E-state index contributed by atoms with van der Waals surface area (Å²) in [7, 11) is 3.55. The van der Waals surface area contributed by atoms with Gasteiger partial charge in [-0.15, -0.1) is 0 Å². The van der Waals surface area contributed by atoms with Crippen LogP contribution >= 0.6 is 0 Å². The fourth-order valence-electron chi connectivity index (χ4n) is 3.82. The molecule has 0 unspecified atom stereocenters. The first-order chi connectivity index (χ1) is 11.7. The first-order valence-electron chi connectivity index (χ1n) is 8.36. The lowest BCUT2D eigenvalue weighted by atomic mass is 9.83. The second-order valence-electron chi connectivity index (χ2n) is 6.51. The summed E-state index contributed by atoms with van der Waals surface area (Å²) in [5.74, 6) is 1.75. The third kappa shape index (κ3) is 2.40. The molecule has 3 aromatic rings. The summed E-state index contributed by atoms with van der Waals surface area (Å²) in [6.07, 6.45) is 7.18. The molecule has 0 spiro atoms. The summed E-state index contributed by atoms with van der Waals surface area (Å²) in [5.41, 5.74) is 3.68. The number of benzene rings is 1. The fourth-order valence-corrected chi connectivity index (χ4v) is 3.82. The maximum absolute atomic E-state index is 12.6. The maximum atomic E-state index is 12.6. The Morgan fingerprint density at radius 1 is 1.46 bits per heavy atom. The third-order valence-electron chi connectivity index (χ3n) is 5.04. The van der Waals surface area contributed by atoms with E-state index in [-0.39, 0.29) is 11.7 Å². The quantitative estimate of drug-likeness (QED) is 0.746. The number of nitrogens with one attached hydrogen (secondary N) is 1. The molecule has 0 saturated heterocycles. The molecule has 1 aromatic carbocycles. The number of ether oxygens (including phenoxy) is 1. The van der Waals surface area contributed by atoms with Crippen LogP contribution in [0, 0.1) is 0 Å². The highest BCUT2D eigenvalue weighted by Crippen LogP contribution is 2.39. The van der Waals surface area contributed by atoms with Gasteiger partial charge in [0, 0.05) is 48.4 Å². The molecule has 1 aliphatic carbocycles. The predicted octanol–water partition coefficient (Wildman–Crippen LogP) is 3.60. The molecule has 0 radical (unpaired) electrons. The van der Waals surface area contributed by atoms with Crippen molar-refractivity contribution in [3.05, 3.63) is 47.7 Å². The third-order valence-corrected chi connectivity index (χ3v) is 5.04. The van der Waals surface area contributed by atoms with Gasteiger partial charge in [-0.2, -0.15) is 0 Å². The van der Waals surface area contributed by atoms with Crippen molar-refractivity contribution in [2.45, 2.75) is 31.6 Å². The van der Waals surface area contributed by atoms with Gasteiger partial charge in [0.1, 0.15) is 5.75 Å². The lowest BCUT2D eigenvalue weighted by molar-refractivity contribution is 0.0957. The standard InChI is InChI=1S/C19H21N3O2/c1-22-9-8-20-19(22)17(23)10-12-4-3-5-14-15-11-13(24-2)6-7-16(15)21-18(12)14/h6-9,11-12,21H,3-5,10H2,1-2H3/t12-/m0/s1. The summed E-state index contributed by atoms with van der Waals surface area (Å²) in [5, 5.41) is 1.22. The van der Waals surface area contributed by atoms with Gasteiger partial charge in [0.05, 0.1) is 7.11 Å². The molecule has 0 bridgehead atoms. The number of fused-ring (bicyclic) bond motifs is 3. The van der Waals surface area contributed by atoms with E-state index in [9.17, 15) is 4.79 Å². The summed E-state index contributed by atoms with van der Waals surface area (Å²) in [4.78, 5) is 20.3. The molecular weight excluding hydrogens is 302 g/mol. The smallest absolute Gasteiger partial charge is 0.198 e. The Hall–Kier alpha value is -2.56. The Bertz CT molecular complexity index is 907. The van der Waals surface area contributed by atoms with Crippen LogP contribution < -0.4 is 4.74 Å². The Morgan fingerprint density at radius 2 is 2.33 bits per heavy atom. The zero-order chi connectivity index (χ0) is 16.7. The van der Waals surface area contributed by atoms with Crippen molar-refractivity contribution in [3.8, 4) is 5.75 Å². The van der Waals surface area contributed by atoms with Gasteiger partial charge in [-0.1, -0.05) is 0 Å². The van der Waals surface area contributed by atoms with Crippen molar-refractivity contribution in [3.63, 3.8) is 0 Å². The molecule has 124 valence electrons. The van der Waals surface area contributed by atoms with Crippen molar-refractivity contribution in [2.75, 3.05) is 7.11 Å². The van der Waals surface area contributed by atoms with Crippen molar-refractivity contribution in [1.82, 2.24) is 14.5 Å². The first kappa shape index (κ1) is 15.0. The lowest BCUT2D eigenvalue weighted by Gasteiger charge is -2.22. The van der Waals surface area contributed by atoms with Crippen LogP contribution in [0.4, 0.5) is 0 Å². The number of aromatic nitrogens is 3. The Kier molecular flexibility index (Phi) is 3.63. The van der Waals surface area contributed by atoms with E-state index in [0.717, 1.165) is 30.5 Å². The van der Waals surface area contributed by atoms with E-state index in [2.05, 4.69) is 22.1 Å². The molecular formula is C19H21N3O2. The molecule has 2 heterocycles. The molecule has 5 nitrogen and oxygen atoms in total. The summed E-state index contributed by atoms with van der Waals surface area (Å²) >= 11 is 0. The van der Waals surface area contributed by atoms with E-state index in [0.29, 0.717) is 12.2 Å². The molecule has 1 atom stereocenters. The van der Waals surface area contributed by atoms with Crippen LogP contribution in [0.15, 0.2) is 30.6 Å². The average molecular weight is 323 g/mol. The number of methoxy groups -OCH3 is 1. The molecule has 0 aliphatic heterocycles. The van der Waals surface area contributed by atoms with Gasteiger partial charge >= 0.3 is 0 Å². The highest BCUT2D eigenvalue weighted by Gasteiger charge is 2.27. The molecule has 2 aromatic heterocycles. The zero-order valence-corrected chi connectivity index (χ0v) is 14.0. The molecule has 0 saturated carbocycles. The van der Waals surface area contributed by atoms with Crippen molar-refractivity contribution >= 4 is 16.7 Å². The second kappa shape index (κ2) is 5.82. The lowest BCUT2D eigenvalue weighted by Crippen LogP contribution is -2.16. The van der Waals surface area contributed by atoms with E-state index in [1.807, 2.05) is 19.3 Å². The number of imidazole rings is 1. The SMILES string of the molecule is COc1ccc2[nH]c3c(c2c1)CCC[C@H]3CC(=O)c1nccn1C. The molecule has 1 aliphatic rings. The number of nitrogens with zero attached hydrogens (tertiary/aromatic N) is 2. The van der Waals surface area contributed by atoms with Crippen LogP contribution in [0.5, 0.6) is 5.75 Å². The second-order valence-corrected chi connectivity index (χ2v) is 6.51. The van der Waals surface area contributed by atoms with Crippen LogP contribution in [-0.4, -0.2) is 27.4 Å². The largest absolute Gasteiger partial charge is 0.497 e. The van der Waals surface area contributed by atoms with Gasteiger partial charge in [-0.25, -0.2) is 4.98 Å². The minimum atomic E-state index is 0.108. The Labute approximate surface area is 140 Å². The van der Waals surface area contributed by atoms with E-state index >= 15 is 0 Å². The number of aryl methyl sites for hydroxylation is 2. The number of H-pyrrole nitrogens is 1. The normalized spacial score (nSPS) is 17.0. The number of carbonyl (C=O) groups is 1. The zero-order valence-electron chi connectivity index (χ0n) is 14.0. The molecule has 24 heavy (non-hydrogen) atoms. The Morgan fingerprint density at radius 3 is 3.08 bits per heavy atom. The van der Waals surface area contributed by atoms with Gasteiger partial charge in [0.15, 0.2) is 11.6 Å². The average Bonchev–Trinajstić information content (AvgIpc) is 3.18. The van der Waals surface area contributed by atoms with E-state index < -0.39 is 0 Å². The number of rotatable bonds is 4. The maximum Gasteiger partial charge on any atom is 0.198 e. The predicted molar refractivity (Wildman–Crippen MR) is 92.7 cm³/mol. The van der Waals surface area contributed by atoms with Crippen molar-refractivity contribution < 1.29 is 9.53 Å². The first-order valence-corrected chi connectivity index (χ1v) is 8.36. The van der Waals surface area contributed by atoms with Crippen LogP contribution in [0.3, 0.4) is 0 Å². The van der Waals surface area contributed by atoms with E-state index in [1.54, 1.807) is 17.9 Å². The van der Waals surface area contributed by atoms with Gasteiger partial charge in [-0.05, 0) is 43.0 Å². The highest BCUT2D eigenvalue weighted by atomic mass is 16.5. The number of Topliss-reactive ketones (excluding diaryl/α,β-unsaturated/α-hetero) is 1. The summed E-state index contributed by atoms with van der Waals surface area (Å²) < 4.78 is 7.15. The summed E-state index contributed by atoms with van der Waals surface area (Å²) in [6, 6.07) is 6.12. The van der Waals surface area contributed by atoms with Crippen LogP contribution in [-0.2, 0) is 13.5 Å². The molecule has 0 amide bonds. The topological polar surface area (TPSA) is 59.9 Å². The van der Waals surface area contributed by atoms with Gasteiger partial charge in [0.25, 0.3) is 0 Å². The molecule has 4 rings (SSSR count). The molecule has 1 N–H and O–H groups in total. The van der Waals surface area contributed by atoms with E-state index in [4.69, 9.17) is 4.74 Å². The van der Waals surface area contributed by atoms with Gasteiger partial charge in [0.2, 0.25) is 0 Å². The minimum Gasteiger partial charge on any atom is -0.497 e. The highest BCUT2D eigenvalue weighted by molar-refractivity contribution is 5.94. The van der Waals surface area contributed by atoms with Crippen LogP contribution in [0.25, 0.3) is 10.9 Å². The van der Waals surface area contributed by atoms with E-state index in [1.165, 1.54) is 16.6 Å².